The monoisotopic (exact) mass is 1020 g/mol. The maximum atomic E-state index is 7.54. The Morgan fingerprint density at radius 2 is 0.395 bits per heavy atom. The summed E-state index contributed by atoms with van der Waals surface area (Å²) >= 11 is 0. The molecule has 0 spiro atoms. The van der Waals surface area contributed by atoms with Crippen LogP contribution in [0, 0.1) is 0 Å². The summed E-state index contributed by atoms with van der Waals surface area (Å²) in [6.45, 7) is 27.5. The van der Waals surface area contributed by atoms with Crippen molar-refractivity contribution < 1.29 is 13.6 Å². The zero-order valence-corrected chi connectivity index (χ0v) is 47.6. The molecule has 0 radical (unpaired) electrons. The summed E-state index contributed by atoms with van der Waals surface area (Å²) in [4.78, 5) is 0. The van der Waals surface area contributed by atoms with Crippen molar-refractivity contribution >= 4 is 8.60 Å². The van der Waals surface area contributed by atoms with E-state index in [4.69, 9.17) is 13.6 Å². The van der Waals surface area contributed by atoms with Crippen LogP contribution in [0.1, 0.15) is 150 Å². The maximum absolute atomic E-state index is 7.54. The topological polar surface area (TPSA) is 27.7 Å². The van der Waals surface area contributed by atoms with E-state index >= 15 is 0 Å². The molecule has 9 rings (SSSR count). The Morgan fingerprint density at radius 3 is 0.592 bits per heavy atom. The Labute approximate surface area is 456 Å². The largest absolute Gasteiger partial charge is 0.530 e. The molecule has 0 aliphatic heterocycles. The third kappa shape index (κ3) is 10.8. The Hall–Kier alpha value is -7.19. The molecule has 0 fully saturated rings. The Kier molecular flexibility index (Phi) is 15.1. The van der Waals surface area contributed by atoms with Crippen LogP contribution in [0.3, 0.4) is 0 Å². The van der Waals surface area contributed by atoms with Crippen molar-refractivity contribution in [3.05, 3.63) is 303 Å². The fraction of sp³-hybridized carbons (Fsp3) is 0.250. The van der Waals surface area contributed by atoms with Crippen molar-refractivity contribution in [2.24, 2.45) is 0 Å². The molecule has 0 saturated carbocycles. The van der Waals surface area contributed by atoms with Gasteiger partial charge in [-0.1, -0.05) is 301 Å². The highest BCUT2D eigenvalue weighted by molar-refractivity contribution is 7.43. The van der Waals surface area contributed by atoms with Crippen LogP contribution >= 0.6 is 8.60 Å². The molecule has 9 aromatic rings. The van der Waals surface area contributed by atoms with E-state index in [0.29, 0.717) is 17.2 Å². The van der Waals surface area contributed by atoms with Gasteiger partial charge in [0.25, 0.3) is 0 Å². The summed E-state index contributed by atoms with van der Waals surface area (Å²) in [6.07, 6.45) is 0. The second kappa shape index (κ2) is 21.4. The van der Waals surface area contributed by atoms with E-state index in [-0.39, 0.29) is 16.2 Å². The quantitative estimate of drug-likeness (QED) is 0.0802. The molecule has 0 atom stereocenters. The second-order valence-corrected chi connectivity index (χ2v) is 24.6. The first-order valence-electron chi connectivity index (χ1n) is 26.8. The lowest BCUT2D eigenvalue weighted by Crippen LogP contribution is -2.25. The lowest BCUT2D eigenvalue weighted by atomic mass is 9.73. The summed E-state index contributed by atoms with van der Waals surface area (Å²) in [5, 5.41) is 0. The van der Waals surface area contributed by atoms with Gasteiger partial charge in [-0.05, 0) is 68.3 Å². The predicted octanol–water partition coefficient (Wildman–Crippen LogP) is 19.4. The van der Waals surface area contributed by atoms with Crippen LogP contribution in [0.25, 0.3) is 0 Å². The number of hydrogen-bond donors (Lipinski definition) is 0. The minimum absolute atomic E-state index is 0.306. The van der Waals surface area contributed by atoms with E-state index in [2.05, 4.69) is 320 Å². The highest BCUT2D eigenvalue weighted by Gasteiger charge is 2.38. The van der Waals surface area contributed by atoms with Crippen LogP contribution in [-0.4, -0.2) is 0 Å². The van der Waals surface area contributed by atoms with Crippen molar-refractivity contribution in [2.75, 3.05) is 0 Å². The molecule has 0 bridgehead atoms. The number of benzene rings is 9. The van der Waals surface area contributed by atoms with Gasteiger partial charge in [-0.25, -0.2) is 0 Å². The van der Waals surface area contributed by atoms with E-state index < -0.39 is 24.8 Å². The van der Waals surface area contributed by atoms with Gasteiger partial charge in [0.1, 0.15) is 17.2 Å². The molecule has 0 N–H and O–H groups in total. The van der Waals surface area contributed by atoms with Gasteiger partial charge in [0.15, 0.2) is 0 Å². The molecule has 3 nitrogen and oxygen atoms in total. The van der Waals surface area contributed by atoms with Gasteiger partial charge >= 0.3 is 8.60 Å². The summed E-state index contributed by atoms with van der Waals surface area (Å²) in [7, 11) is -2.23. The SMILES string of the molecule is CC(C)(c1ccccc1)c1ccc(OP(Oc2ccc(C(C)(C)c3ccccc3)cc2C(C)(C)c2ccccc2)Oc2ccc(C(C)(C)c3ccccc3)cc2C(C)(C)c2ccccc2)c(C(C)(C)c2ccccc2)c1. The Bertz CT molecular complexity index is 3000. The van der Waals surface area contributed by atoms with Crippen molar-refractivity contribution in [3.63, 3.8) is 0 Å². The second-order valence-electron chi connectivity index (χ2n) is 23.6. The molecule has 386 valence electrons. The van der Waals surface area contributed by atoms with Gasteiger partial charge in [0, 0.05) is 49.2 Å². The van der Waals surface area contributed by atoms with Gasteiger partial charge in [-0.15, -0.1) is 0 Å². The zero-order chi connectivity index (χ0) is 53.9. The van der Waals surface area contributed by atoms with E-state index in [0.717, 1.165) is 16.7 Å². The molecule has 9 aromatic carbocycles. The van der Waals surface area contributed by atoms with Crippen LogP contribution in [0.4, 0.5) is 0 Å². The first-order valence-corrected chi connectivity index (χ1v) is 27.9. The van der Waals surface area contributed by atoms with Crippen LogP contribution in [-0.2, 0) is 32.5 Å². The van der Waals surface area contributed by atoms with Crippen LogP contribution < -0.4 is 13.6 Å². The van der Waals surface area contributed by atoms with Gasteiger partial charge in [-0.2, -0.15) is 0 Å². The van der Waals surface area contributed by atoms with Gasteiger partial charge in [-0.3, -0.25) is 0 Å². The molecule has 0 heterocycles. The Morgan fingerprint density at radius 1 is 0.211 bits per heavy atom. The molecule has 4 heteroatoms. The smallest absolute Gasteiger partial charge is 0.408 e. The molecule has 0 aliphatic carbocycles. The minimum Gasteiger partial charge on any atom is -0.408 e. The molecule has 0 aromatic heterocycles. The highest BCUT2D eigenvalue weighted by Crippen LogP contribution is 2.53. The lowest BCUT2D eigenvalue weighted by molar-refractivity contribution is 0.374. The molecule has 0 amide bonds. The van der Waals surface area contributed by atoms with E-state index in [1.807, 2.05) is 0 Å². The molecule has 0 saturated heterocycles. The van der Waals surface area contributed by atoms with Crippen molar-refractivity contribution in [3.8, 4) is 17.2 Å². The fourth-order valence-corrected chi connectivity index (χ4v) is 11.9. The van der Waals surface area contributed by atoms with E-state index in [1.165, 1.54) is 50.1 Å². The third-order valence-corrected chi connectivity index (χ3v) is 17.7. The first kappa shape index (κ1) is 53.6. The predicted molar refractivity (Wildman–Crippen MR) is 320 cm³/mol. The summed E-state index contributed by atoms with van der Waals surface area (Å²) < 4.78 is 22.6. The molecule has 0 unspecified atom stereocenters. The third-order valence-electron chi connectivity index (χ3n) is 16.6. The zero-order valence-electron chi connectivity index (χ0n) is 46.7. The maximum Gasteiger partial charge on any atom is 0.530 e. The fourth-order valence-electron chi connectivity index (χ4n) is 10.9. The van der Waals surface area contributed by atoms with Crippen molar-refractivity contribution in [1.82, 2.24) is 0 Å². The minimum atomic E-state index is -2.23. The number of hydrogen-bond acceptors (Lipinski definition) is 3. The van der Waals surface area contributed by atoms with Gasteiger partial charge in [0.05, 0.1) is 0 Å². The normalized spacial score (nSPS) is 12.6. The van der Waals surface area contributed by atoms with E-state index in [9.17, 15) is 0 Å². The van der Waals surface area contributed by atoms with Crippen molar-refractivity contribution in [2.45, 2.75) is 116 Å². The number of rotatable bonds is 18. The van der Waals surface area contributed by atoms with Gasteiger partial charge < -0.3 is 13.6 Å². The van der Waals surface area contributed by atoms with Crippen LogP contribution in [0.5, 0.6) is 17.2 Å². The average molecular weight is 1020 g/mol. The first-order chi connectivity index (χ1) is 36.2. The van der Waals surface area contributed by atoms with Gasteiger partial charge in [0.2, 0.25) is 0 Å². The standard InChI is InChI=1S/C72H75O3P/c1-67(2,52-31-19-13-20-32-52)58-43-46-64(61(49-58)70(7,8)55-37-25-16-26-38-55)73-76(74-65-47-44-59(68(3,4)53-33-21-14-22-34-53)50-62(65)71(9,10)56-39-27-17-28-40-56)75-66-48-45-60(69(5,6)54-35-23-15-24-36-54)51-63(66)72(11,12)57-41-29-18-30-42-57/h13-51H,1-12H3. The molecule has 0 aliphatic rings. The summed E-state index contributed by atoms with van der Waals surface area (Å²) in [5.41, 5.74) is 11.5. The molecular formula is C72H75O3P. The average Bonchev–Trinajstić information content (AvgIpc) is 3.46. The summed E-state index contributed by atoms with van der Waals surface area (Å²) in [5.74, 6) is 2.09. The Balaban J connectivity index is 1.25. The molecule has 76 heavy (non-hydrogen) atoms. The highest BCUT2D eigenvalue weighted by atomic mass is 31.2. The van der Waals surface area contributed by atoms with Crippen molar-refractivity contribution in [1.29, 1.82) is 0 Å². The molecular weight excluding hydrogens is 944 g/mol. The van der Waals surface area contributed by atoms with Crippen LogP contribution in [0.15, 0.2) is 237 Å². The van der Waals surface area contributed by atoms with Crippen LogP contribution in [0.2, 0.25) is 0 Å². The summed E-state index contributed by atoms with van der Waals surface area (Å²) in [6, 6.07) is 84.6. The van der Waals surface area contributed by atoms with E-state index in [1.54, 1.807) is 0 Å². The lowest BCUT2D eigenvalue weighted by Gasteiger charge is -2.35.